The van der Waals surface area contributed by atoms with Crippen LogP contribution in [-0.4, -0.2) is 30.8 Å². The average molecular weight is 380 g/mol. The van der Waals surface area contributed by atoms with Crippen LogP contribution in [0.1, 0.15) is 12.8 Å². The summed E-state index contributed by atoms with van der Waals surface area (Å²) in [4.78, 5) is 27.3. The second-order valence-corrected chi connectivity index (χ2v) is 6.14. The molecule has 0 fully saturated rings. The van der Waals surface area contributed by atoms with Crippen molar-refractivity contribution in [3.05, 3.63) is 56.2 Å². The van der Waals surface area contributed by atoms with Gasteiger partial charge in [-0.2, -0.15) is 5.10 Å². The van der Waals surface area contributed by atoms with Crippen molar-refractivity contribution in [3.63, 3.8) is 0 Å². The van der Waals surface area contributed by atoms with Gasteiger partial charge < -0.3 is 10.2 Å². The third-order valence-corrected chi connectivity index (χ3v) is 3.97. The van der Waals surface area contributed by atoms with Crippen molar-refractivity contribution in [1.29, 1.82) is 0 Å². The lowest BCUT2D eigenvalue weighted by molar-refractivity contribution is -0.136. The van der Waals surface area contributed by atoms with E-state index in [0.717, 1.165) is 0 Å². The molecule has 0 bridgehead atoms. The van der Waals surface area contributed by atoms with Gasteiger partial charge >= 0.3 is 5.97 Å². The van der Waals surface area contributed by atoms with E-state index in [2.05, 4.69) is 10.1 Å². The van der Waals surface area contributed by atoms with Gasteiger partial charge in [-0.3, -0.25) is 9.59 Å². The predicted octanol–water partition coefficient (Wildman–Crippen LogP) is 2.31. The lowest BCUT2D eigenvalue weighted by Gasteiger charge is -2.06. The molecule has 0 atom stereocenters. The Labute approximate surface area is 150 Å². The summed E-state index contributed by atoms with van der Waals surface area (Å²) < 4.78 is 1.18. The number of carboxylic acid groups (broad SMARTS) is 1. The molecule has 0 aliphatic heterocycles. The quantitative estimate of drug-likeness (QED) is 0.720. The minimum atomic E-state index is -1.08. The van der Waals surface area contributed by atoms with Gasteiger partial charge in [0.1, 0.15) is 12.1 Å². The zero-order valence-corrected chi connectivity index (χ0v) is 14.1. The molecule has 2 aromatic heterocycles. The molecule has 0 amide bonds. The van der Waals surface area contributed by atoms with Crippen molar-refractivity contribution in [3.8, 4) is 11.1 Å². The Morgan fingerprint density at radius 3 is 2.40 bits per heavy atom. The summed E-state index contributed by atoms with van der Waals surface area (Å²) in [5.74, 6) is -1.45. The Balaban J connectivity index is 2.28. The van der Waals surface area contributed by atoms with Gasteiger partial charge in [0.15, 0.2) is 11.0 Å². The van der Waals surface area contributed by atoms with Crippen LogP contribution in [-0.2, 0) is 4.79 Å². The number of aromatic nitrogens is 3. The highest BCUT2D eigenvalue weighted by Gasteiger charge is 2.14. The molecule has 25 heavy (non-hydrogen) atoms. The van der Waals surface area contributed by atoms with E-state index >= 15 is 0 Å². The minimum absolute atomic E-state index is 0.120. The van der Waals surface area contributed by atoms with Crippen molar-refractivity contribution in [2.75, 3.05) is 0 Å². The number of halogens is 2. The summed E-state index contributed by atoms with van der Waals surface area (Å²) >= 11 is 12.0. The molecule has 1 aromatic carbocycles. The summed E-state index contributed by atoms with van der Waals surface area (Å²) in [6, 6.07) is 6.11. The van der Waals surface area contributed by atoms with Gasteiger partial charge in [0.05, 0.1) is 6.42 Å². The lowest BCUT2D eigenvalue weighted by atomic mass is 10.1. The van der Waals surface area contributed by atoms with Gasteiger partial charge in [-0.05, 0) is 29.8 Å². The van der Waals surface area contributed by atoms with Crippen LogP contribution in [0.25, 0.3) is 22.5 Å². The smallest absolute Gasteiger partial charge is 0.303 e. The van der Waals surface area contributed by atoms with E-state index in [1.165, 1.54) is 16.9 Å². The Bertz CT molecular complexity index is 1070. The highest BCUT2D eigenvalue weighted by Crippen LogP contribution is 2.28. The van der Waals surface area contributed by atoms with E-state index in [1.54, 1.807) is 18.2 Å². The Kier molecular flexibility index (Phi) is 4.61. The first-order valence-electron chi connectivity index (χ1n) is 7.14. The maximum atomic E-state index is 12.5. The fourth-order valence-corrected chi connectivity index (χ4v) is 3.01. The Hall–Kier alpha value is -2.64. The maximum Gasteiger partial charge on any atom is 0.303 e. The van der Waals surface area contributed by atoms with Crippen molar-refractivity contribution >= 4 is 40.6 Å². The van der Waals surface area contributed by atoms with Crippen LogP contribution in [0.3, 0.4) is 0 Å². The average Bonchev–Trinajstić information content (AvgIpc) is 2.99. The van der Waals surface area contributed by atoms with Gasteiger partial charge in [-0.25, -0.2) is 9.50 Å². The third-order valence-electron chi connectivity index (χ3n) is 3.53. The highest BCUT2D eigenvalue weighted by atomic mass is 35.5. The number of aliphatic hydroxyl groups excluding tert-OH is 1. The van der Waals surface area contributed by atoms with Crippen molar-refractivity contribution in [2.24, 2.45) is 0 Å². The van der Waals surface area contributed by atoms with E-state index in [0.29, 0.717) is 26.8 Å². The molecular formula is C16H11Cl2N3O4. The van der Waals surface area contributed by atoms with E-state index in [-0.39, 0.29) is 23.9 Å². The van der Waals surface area contributed by atoms with Gasteiger partial charge in [-0.15, -0.1) is 0 Å². The fraction of sp³-hybridized carbons (Fsp3) is 0.125. The maximum absolute atomic E-state index is 12.5. The second-order valence-electron chi connectivity index (χ2n) is 5.26. The van der Waals surface area contributed by atoms with Crippen LogP contribution in [0.4, 0.5) is 0 Å². The molecule has 3 rings (SSSR count). The van der Waals surface area contributed by atoms with Crippen LogP contribution in [0.15, 0.2) is 35.4 Å². The molecule has 9 heteroatoms. The standard InChI is InChI=1S/C16H11Cl2N3O4/c17-9-3-8(4-10(18)5-9)11-6-13(23)15(12(22)1-2-14(24)25)21-16(11)19-7-20-21/h3-7,22H,1-2H2,(H,24,25)/b15-12-. The molecule has 2 heterocycles. The molecule has 0 unspecified atom stereocenters. The van der Waals surface area contributed by atoms with E-state index in [4.69, 9.17) is 28.3 Å². The van der Waals surface area contributed by atoms with Crippen LogP contribution in [0, 0.1) is 0 Å². The minimum Gasteiger partial charge on any atom is -0.510 e. The van der Waals surface area contributed by atoms with E-state index in [9.17, 15) is 14.7 Å². The monoisotopic (exact) mass is 379 g/mol. The summed E-state index contributed by atoms with van der Waals surface area (Å²) in [7, 11) is 0. The number of pyridine rings is 1. The molecule has 3 aromatic rings. The zero-order valence-electron chi connectivity index (χ0n) is 12.6. The molecule has 7 nitrogen and oxygen atoms in total. The first-order valence-corrected chi connectivity index (χ1v) is 7.89. The van der Waals surface area contributed by atoms with Crippen molar-refractivity contribution in [1.82, 2.24) is 14.6 Å². The number of hydrogen-bond donors (Lipinski definition) is 2. The van der Waals surface area contributed by atoms with Crippen LogP contribution < -0.4 is 10.8 Å². The highest BCUT2D eigenvalue weighted by molar-refractivity contribution is 6.35. The number of fused-ring (bicyclic) bond motifs is 1. The lowest BCUT2D eigenvalue weighted by Crippen LogP contribution is -2.34. The molecule has 2 N–H and O–H groups in total. The van der Waals surface area contributed by atoms with Gasteiger partial charge in [0.25, 0.3) is 0 Å². The summed E-state index contributed by atoms with van der Waals surface area (Å²) in [5, 5.41) is 23.5. The van der Waals surface area contributed by atoms with Crippen LogP contribution in [0.2, 0.25) is 10.0 Å². The number of aliphatic hydroxyl groups is 1. The third kappa shape index (κ3) is 3.42. The SMILES string of the molecule is O=C(O)CC/C(O)=c1\c(=O)cc(-c2cc(Cl)cc(Cl)c2)c2ncnn12. The summed E-state index contributed by atoms with van der Waals surface area (Å²) in [6.45, 7) is 0. The van der Waals surface area contributed by atoms with E-state index in [1.807, 2.05) is 0 Å². The zero-order chi connectivity index (χ0) is 18.1. The summed E-state index contributed by atoms with van der Waals surface area (Å²) in [6.07, 6.45) is 0.730. The predicted molar refractivity (Wildman–Crippen MR) is 92.8 cm³/mol. The molecule has 0 saturated heterocycles. The number of aliphatic carboxylic acids is 1. The molecule has 128 valence electrons. The van der Waals surface area contributed by atoms with Gasteiger partial charge in [0, 0.05) is 22.0 Å². The number of hydrogen-bond acceptors (Lipinski definition) is 5. The van der Waals surface area contributed by atoms with Crippen LogP contribution in [0.5, 0.6) is 0 Å². The molecular weight excluding hydrogens is 369 g/mol. The Morgan fingerprint density at radius 2 is 1.76 bits per heavy atom. The van der Waals surface area contributed by atoms with E-state index < -0.39 is 11.4 Å². The van der Waals surface area contributed by atoms with Crippen LogP contribution >= 0.6 is 23.2 Å². The number of nitrogens with zero attached hydrogens (tertiary/aromatic N) is 3. The first kappa shape index (κ1) is 17.2. The normalized spacial score (nSPS) is 12.4. The number of carbonyl (C=O) groups is 1. The molecule has 0 saturated carbocycles. The Morgan fingerprint density at radius 1 is 1.08 bits per heavy atom. The largest absolute Gasteiger partial charge is 0.510 e. The van der Waals surface area contributed by atoms with Crippen molar-refractivity contribution < 1.29 is 15.0 Å². The first-order chi connectivity index (χ1) is 11.9. The van der Waals surface area contributed by atoms with Gasteiger partial charge in [-0.1, -0.05) is 23.2 Å². The number of carboxylic acids is 1. The molecule has 0 aliphatic rings. The van der Waals surface area contributed by atoms with Gasteiger partial charge in [0.2, 0.25) is 5.43 Å². The molecule has 0 radical (unpaired) electrons. The molecule has 0 spiro atoms. The summed E-state index contributed by atoms with van der Waals surface area (Å²) in [5.41, 5.74) is 0.813. The molecule has 0 aliphatic carbocycles. The van der Waals surface area contributed by atoms with Crippen molar-refractivity contribution in [2.45, 2.75) is 12.8 Å². The second kappa shape index (κ2) is 6.70. The number of benzene rings is 1. The fourth-order valence-electron chi connectivity index (χ4n) is 2.49. The topological polar surface area (TPSA) is 105 Å². The number of rotatable bonds is 4.